The SMILES string of the molecule is CC(C)(C)OC(=O)CNN. The van der Waals surface area contributed by atoms with Crippen LogP contribution in [0.25, 0.3) is 0 Å². The lowest BCUT2D eigenvalue weighted by atomic mass is 10.2. The highest BCUT2D eigenvalue weighted by atomic mass is 16.6. The second-order valence-electron chi connectivity index (χ2n) is 2.97. The zero-order valence-electron chi connectivity index (χ0n) is 6.60. The van der Waals surface area contributed by atoms with Gasteiger partial charge in [-0.25, -0.2) is 5.43 Å². The van der Waals surface area contributed by atoms with Gasteiger partial charge in [0.25, 0.3) is 0 Å². The van der Waals surface area contributed by atoms with Crippen LogP contribution in [0.4, 0.5) is 0 Å². The largest absolute Gasteiger partial charge is 0.459 e. The Morgan fingerprint density at radius 1 is 1.60 bits per heavy atom. The first-order chi connectivity index (χ1) is 4.45. The van der Waals surface area contributed by atoms with Crippen LogP contribution in [0.15, 0.2) is 0 Å². The summed E-state index contributed by atoms with van der Waals surface area (Å²) < 4.78 is 4.90. The van der Waals surface area contributed by atoms with Crippen molar-refractivity contribution in [3.8, 4) is 0 Å². The molecular formula is C6H14N2O2. The molecule has 0 fully saturated rings. The van der Waals surface area contributed by atoms with Crippen LogP contribution in [0.5, 0.6) is 0 Å². The molecule has 0 saturated heterocycles. The Bertz CT molecular complexity index is 117. The summed E-state index contributed by atoms with van der Waals surface area (Å²) >= 11 is 0. The summed E-state index contributed by atoms with van der Waals surface area (Å²) in [5.41, 5.74) is 1.79. The minimum Gasteiger partial charge on any atom is -0.459 e. The molecule has 60 valence electrons. The van der Waals surface area contributed by atoms with E-state index in [-0.39, 0.29) is 12.5 Å². The van der Waals surface area contributed by atoms with Gasteiger partial charge in [0.05, 0.1) is 0 Å². The van der Waals surface area contributed by atoms with Crippen LogP contribution in [-0.2, 0) is 9.53 Å². The number of rotatable bonds is 2. The fourth-order valence-corrected chi connectivity index (χ4v) is 0.461. The van der Waals surface area contributed by atoms with Crippen LogP contribution in [0.1, 0.15) is 20.8 Å². The molecule has 0 saturated carbocycles. The highest BCUT2D eigenvalue weighted by Crippen LogP contribution is 2.05. The van der Waals surface area contributed by atoms with Crippen molar-refractivity contribution in [2.75, 3.05) is 6.54 Å². The fourth-order valence-electron chi connectivity index (χ4n) is 0.461. The maximum atomic E-state index is 10.7. The van der Waals surface area contributed by atoms with E-state index in [1.165, 1.54) is 0 Å². The Labute approximate surface area is 60.7 Å². The second-order valence-corrected chi connectivity index (χ2v) is 2.97. The van der Waals surface area contributed by atoms with E-state index in [2.05, 4.69) is 5.43 Å². The zero-order valence-corrected chi connectivity index (χ0v) is 6.60. The van der Waals surface area contributed by atoms with Crippen LogP contribution in [0, 0.1) is 0 Å². The van der Waals surface area contributed by atoms with Gasteiger partial charge in [-0.05, 0) is 20.8 Å². The quantitative estimate of drug-likeness (QED) is 0.321. The summed E-state index contributed by atoms with van der Waals surface area (Å²) in [6.07, 6.45) is 0. The number of nitrogens with two attached hydrogens (primary N) is 1. The first-order valence-corrected chi connectivity index (χ1v) is 3.11. The molecule has 0 amide bonds. The first kappa shape index (κ1) is 9.39. The van der Waals surface area contributed by atoms with Crippen molar-refractivity contribution in [1.82, 2.24) is 5.43 Å². The van der Waals surface area contributed by atoms with E-state index < -0.39 is 5.60 Å². The highest BCUT2D eigenvalue weighted by Gasteiger charge is 2.14. The predicted molar refractivity (Wildman–Crippen MR) is 38.0 cm³/mol. The number of nitrogens with one attached hydrogen (secondary N) is 1. The third-order valence-electron chi connectivity index (χ3n) is 0.666. The van der Waals surface area contributed by atoms with E-state index in [4.69, 9.17) is 10.6 Å². The first-order valence-electron chi connectivity index (χ1n) is 3.11. The topological polar surface area (TPSA) is 64.3 Å². The van der Waals surface area contributed by atoms with E-state index >= 15 is 0 Å². The van der Waals surface area contributed by atoms with Gasteiger partial charge in [-0.15, -0.1) is 0 Å². The second kappa shape index (κ2) is 3.53. The van der Waals surface area contributed by atoms with Crippen molar-refractivity contribution in [1.29, 1.82) is 0 Å². The van der Waals surface area contributed by atoms with Crippen molar-refractivity contribution in [3.05, 3.63) is 0 Å². The summed E-state index contributed by atoms with van der Waals surface area (Å²) in [6, 6.07) is 0. The molecule has 0 bridgehead atoms. The molecule has 0 unspecified atom stereocenters. The lowest BCUT2D eigenvalue weighted by Gasteiger charge is -2.18. The lowest BCUT2D eigenvalue weighted by molar-refractivity contribution is -0.153. The number of ether oxygens (including phenoxy) is 1. The predicted octanol–water partition coefficient (Wildman–Crippen LogP) is -0.209. The molecule has 0 atom stereocenters. The third-order valence-corrected chi connectivity index (χ3v) is 0.666. The number of hydrogen-bond acceptors (Lipinski definition) is 4. The van der Waals surface area contributed by atoms with Gasteiger partial charge in [0.1, 0.15) is 12.1 Å². The van der Waals surface area contributed by atoms with Gasteiger partial charge in [-0.2, -0.15) is 0 Å². The maximum absolute atomic E-state index is 10.7. The van der Waals surface area contributed by atoms with Crippen molar-refractivity contribution >= 4 is 5.97 Å². The highest BCUT2D eigenvalue weighted by molar-refractivity contribution is 5.71. The lowest BCUT2D eigenvalue weighted by Crippen LogP contribution is -2.34. The molecule has 10 heavy (non-hydrogen) atoms. The minimum absolute atomic E-state index is 0.0528. The number of carbonyl (C=O) groups excluding carboxylic acids is 1. The van der Waals surface area contributed by atoms with Crippen molar-refractivity contribution in [2.24, 2.45) is 5.84 Å². The van der Waals surface area contributed by atoms with Gasteiger partial charge in [0, 0.05) is 0 Å². The molecule has 0 radical (unpaired) electrons. The number of hydrogen-bond donors (Lipinski definition) is 2. The van der Waals surface area contributed by atoms with Crippen LogP contribution in [0.3, 0.4) is 0 Å². The molecule has 4 heteroatoms. The van der Waals surface area contributed by atoms with Crippen molar-refractivity contribution in [2.45, 2.75) is 26.4 Å². The molecule has 0 aromatic rings. The third kappa shape index (κ3) is 5.53. The monoisotopic (exact) mass is 146 g/mol. The molecule has 4 nitrogen and oxygen atoms in total. The average Bonchev–Trinajstić information content (AvgIpc) is 1.59. The van der Waals surface area contributed by atoms with Gasteiger partial charge in [0.2, 0.25) is 0 Å². The van der Waals surface area contributed by atoms with Crippen LogP contribution >= 0.6 is 0 Å². The van der Waals surface area contributed by atoms with E-state index in [1.807, 2.05) is 0 Å². The summed E-state index contributed by atoms with van der Waals surface area (Å²) in [5, 5.41) is 0. The van der Waals surface area contributed by atoms with Gasteiger partial charge in [-0.3, -0.25) is 10.6 Å². The van der Waals surface area contributed by atoms with E-state index in [0.29, 0.717) is 0 Å². The van der Waals surface area contributed by atoms with Gasteiger partial charge >= 0.3 is 5.97 Å². The molecule has 0 aromatic heterocycles. The zero-order chi connectivity index (χ0) is 8.20. The average molecular weight is 146 g/mol. The summed E-state index contributed by atoms with van der Waals surface area (Å²) in [6.45, 7) is 5.47. The molecule has 0 spiro atoms. The molecule has 3 N–H and O–H groups in total. The van der Waals surface area contributed by atoms with Crippen LogP contribution in [-0.4, -0.2) is 18.1 Å². The summed E-state index contributed by atoms with van der Waals surface area (Å²) in [7, 11) is 0. The number of esters is 1. The fraction of sp³-hybridized carbons (Fsp3) is 0.833. The Morgan fingerprint density at radius 2 is 2.10 bits per heavy atom. The Balaban J connectivity index is 3.58. The Hall–Kier alpha value is -0.610. The molecule has 0 aromatic carbocycles. The maximum Gasteiger partial charge on any atom is 0.321 e. The van der Waals surface area contributed by atoms with E-state index in [0.717, 1.165) is 0 Å². The Morgan fingerprint density at radius 3 is 2.40 bits per heavy atom. The number of carbonyl (C=O) groups is 1. The normalized spacial score (nSPS) is 11.2. The minimum atomic E-state index is -0.423. The molecule has 0 heterocycles. The van der Waals surface area contributed by atoms with Gasteiger partial charge < -0.3 is 4.74 Å². The van der Waals surface area contributed by atoms with E-state index in [1.54, 1.807) is 20.8 Å². The van der Waals surface area contributed by atoms with Crippen molar-refractivity contribution in [3.63, 3.8) is 0 Å². The van der Waals surface area contributed by atoms with E-state index in [9.17, 15) is 4.79 Å². The molecule has 0 aliphatic carbocycles. The molecule has 0 aliphatic heterocycles. The van der Waals surface area contributed by atoms with Crippen LogP contribution < -0.4 is 11.3 Å². The Kier molecular flexibility index (Phi) is 3.32. The smallest absolute Gasteiger partial charge is 0.321 e. The molecule has 0 rings (SSSR count). The van der Waals surface area contributed by atoms with Crippen LogP contribution in [0.2, 0.25) is 0 Å². The molecule has 0 aliphatic rings. The van der Waals surface area contributed by atoms with Gasteiger partial charge in [0.15, 0.2) is 0 Å². The number of hydrazine groups is 1. The van der Waals surface area contributed by atoms with Crippen molar-refractivity contribution < 1.29 is 9.53 Å². The summed E-state index contributed by atoms with van der Waals surface area (Å²) in [4.78, 5) is 10.7. The molecular weight excluding hydrogens is 132 g/mol. The summed E-state index contributed by atoms with van der Waals surface area (Å²) in [5.74, 6) is 4.56. The standard InChI is InChI=1S/C6H14N2O2/c1-6(2,3)10-5(9)4-8-7/h8H,4,7H2,1-3H3. The van der Waals surface area contributed by atoms with Gasteiger partial charge in [-0.1, -0.05) is 0 Å².